The molecular formula is C21H19N5O4S. The molecule has 0 radical (unpaired) electrons. The first-order valence-electron chi connectivity index (χ1n) is 9.58. The molecule has 2 heterocycles. The van der Waals surface area contributed by atoms with Gasteiger partial charge in [-0.3, -0.25) is 25.0 Å². The number of hydrogen-bond acceptors (Lipinski definition) is 7. The zero-order valence-electron chi connectivity index (χ0n) is 16.9. The van der Waals surface area contributed by atoms with E-state index in [0.29, 0.717) is 23.1 Å². The maximum absolute atomic E-state index is 12.6. The molecule has 1 atom stereocenters. The summed E-state index contributed by atoms with van der Waals surface area (Å²) in [5.74, 6) is -0.505. The van der Waals surface area contributed by atoms with E-state index in [9.17, 15) is 19.7 Å². The van der Waals surface area contributed by atoms with Crippen molar-refractivity contribution in [1.29, 1.82) is 0 Å². The molecule has 0 bridgehead atoms. The number of nitrogens with zero attached hydrogens (tertiary/aromatic N) is 4. The molecule has 1 unspecified atom stereocenters. The molecule has 2 aromatic carbocycles. The molecule has 4 rings (SSSR count). The van der Waals surface area contributed by atoms with Gasteiger partial charge in [0.2, 0.25) is 11.0 Å². The van der Waals surface area contributed by atoms with E-state index in [1.54, 1.807) is 4.90 Å². The Morgan fingerprint density at radius 2 is 1.84 bits per heavy atom. The third kappa shape index (κ3) is 4.43. The van der Waals surface area contributed by atoms with Crippen molar-refractivity contribution in [1.82, 2.24) is 10.2 Å². The van der Waals surface area contributed by atoms with Crippen molar-refractivity contribution in [2.45, 2.75) is 26.2 Å². The quantitative estimate of drug-likeness (QED) is 0.479. The lowest BCUT2D eigenvalue weighted by Crippen LogP contribution is -2.24. The molecule has 9 nitrogen and oxygen atoms in total. The number of nitro benzene ring substituents is 1. The number of non-ortho nitro benzene ring substituents is 1. The molecule has 2 amide bonds. The Morgan fingerprint density at radius 1 is 1.16 bits per heavy atom. The fourth-order valence-electron chi connectivity index (χ4n) is 3.58. The van der Waals surface area contributed by atoms with Crippen molar-refractivity contribution in [2.75, 3.05) is 16.8 Å². The highest BCUT2D eigenvalue weighted by molar-refractivity contribution is 7.15. The number of aryl methyl sites for hydroxylation is 2. The highest BCUT2D eigenvalue weighted by Crippen LogP contribution is 2.35. The molecular weight excluding hydrogens is 418 g/mol. The predicted molar refractivity (Wildman–Crippen MR) is 117 cm³/mol. The van der Waals surface area contributed by atoms with Crippen LogP contribution >= 0.6 is 11.3 Å². The van der Waals surface area contributed by atoms with Gasteiger partial charge in [0.15, 0.2) is 0 Å². The molecule has 1 saturated heterocycles. The Bertz CT molecular complexity index is 1150. The summed E-state index contributed by atoms with van der Waals surface area (Å²) in [5, 5.41) is 22.6. The highest BCUT2D eigenvalue weighted by Gasteiger charge is 2.34. The van der Waals surface area contributed by atoms with E-state index in [1.807, 2.05) is 26.0 Å². The van der Waals surface area contributed by atoms with Crippen LogP contribution in [0.1, 0.15) is 38.8 Å². The van der Waals surface area contributed by atoms with E-state index >= 15 is 0 Å². The second kappa shape index (κ2) is 8.23. The second-order valence-electron chi connectivity index (χ2n) is 7.45. The number of hydrogen-bond donors (Lipinski definition) is 1. The number of benzene rings is 2. The summed E-state index contributed by atoms with van der Waals surface area (Å²) in [5.41, 5.74) is 3.26. The van der Waals surface area contributed by atoms with E-state index in [1.165, 1.54) is 35.6 Å². The van der Waals surface area contributed by atoms with Crippen molar-refractivity contribution in [3.8, 4) is 0 Å². The van der Waals surface area contributed by atoms with Gasteiger partial charge in [0, 0.05) is 42.3 Å². The van der Waals surface area contributed by atoms with Crippen LogP contribution in [0.2, 0.25) is 0 Å². The van der Waals surface area contributed by atoms with Crippen LogP contribution in [0.4, 0.5) is 16.5 Å². The average molecular weight is 437 g/mol. The maximum Gasteiger partial charge on any atom is 0.269 e. The first kappa shape index (κ1) is 20.6. The third-order valence-electron chi connectivity index (χ3n) is 4.99. The van der Waals surface area contributed by atoms with Crippen LogP contribution in [0.3, 0.4) is 0 Å². The normalized spacial score (nSPS) is 15.9. The Labute approximate surface area is 181 Å². The van der Waals surface area contributed by atoms with Crippen LogP contribution in [-0.2, 0) is 4.79 Å². The molecule has 31 heavy (non-hydrogen) atoms. The monoisotopic (exact) mass is 437 g/mol. The summed E-state index contributed by atoms with van der Waals surface area (Å²) < 4.78 is 0. The van der Waals surface area contributed by atoms with Crippen molar-refractivity contribution >= 4 is 39.7 Å². The van der Waals surface area contributed by atoms with Crippen molar-refractivity contribution in [3.63, 3.8) is 0 Å². The molecule has 1 N–H and O–H groups in total. The zero-order chi connectivity index (χ0) is 22.1. The molecule has 3 aromatic rings. The van der Waals surface area contributed by atoms with E-state index < -0.39 is 10.8 Å². The Hall–Kier alpha value is -3.66. The predicted octanol–water partition coefficient (Wildman–Crippen LogP) is 3.84. The van der Waals surface area contributed by atoms with Crippen LogP contribution in [0.25, 0.3) is 0 Å². The van der Waals surface area contributed by atoms with Gasteiger partial charge < -0.3 is 4.90 Å². The number of anilines is 2. The zero-order valence-corrected chi connectivity index (χ0v) is 17.7. The lowest BCUT2D eigenvalue weighted by Gasteiger charge is -2.17. The Morgan fingerprint density at radius 3 is 2.48 bits per heavy atom. The third-order valence-corrected chi connectivity index (χ3v) is 5.99. The number of aromatic nitrogens is 2. The Kier molecular flexibility index (Phi) is 5.47. The first-order chi connectivity index (χ1) is 14.8. The van der Waals surface area contributed by atoms with Gasteiger partial charge in [-0.25, -0.2) is 0 Å². The van der Waals surface area contributed by atoms with Crippen LogP contribution in [-0.4, -0.2) is 33.5 Å². The van der Waals surface area contributed by atoms with Crippen LogP contribution in [0, 0.1) is 24.0 Å². The Balaban J connectivity index is 1.44. The minimum absolute atomic E-state index is 0.0293. The smallest absolute Gasteiger partial charge is 0.269 e. The van der Waals surface area contributed by atoms with Crippen LogP contribution in [0.15, 0.2) is 42.5 Å². The van der Waals surface area contributed by atoms with Gasteiger partial charge >= 0.3 is 0 Å². The molecule has 0 aliphatic carbocycles. The molecule has 10 heteroatoms. The summed E-state index contributed by atoms with van der Waals surface area (Å²) in [6, 6.07) is 11.3. The van der Waals surface area contributed by atoms with E-state index in [-0.39, 0.29) is 23.1 Å². The minimum atomic E-state index is -0.525. The van der Waals surface area contributed by atoms with Crippen molar-refractivity contribution < 1.29 is 14.5 Å². The SMILES string of the molecule is Cc1cc(C)cc(N2CC(c3nnc(NC(=O)c4ccc([N+](=O)[O-])cc4)s3)CC2=O)c1. The number of amides is 2. The number of carbonyl (C=O) groups is 2. The molecule has 0 spiro atoms. The van der Waals surface area contributed by atoms with Crippen molar-refractivity contribution in [2.24, 2.45) is 0 Å². The molecule has 0 saturated carbocycles. The van der Waals surface area contributed by atoms with Gasteiger partial charge in [-0.2, -0.15) is 0 Å². The highest BCUT2D eigenvalue weighted by atomic mass is 32.1. The molecule has 1 fully saturated rings. The number of rotatable bonds is 5. The first-order valence-corrected chi connectivity index (χ1v) is 10.4. The van der Waals surface area contributed by atoms with E-state index in [2.05, 4.69) is 21.6 Å². The van der Waals surface area contributed by atoms with Crippen molar-refractivity contribution in [3.05, 3.63) is 74.3 Å². The van der Waals surface area contributed by atoms with Gasteiger partial charge in [-0.15, -0.1) is 10.2 Å². The topological polar surface area (TPSA) is 118 Å². The molecule has 1 aliphatic rings. The standard InChI is InChI=1S/C21H19N5O4S/c1-12-7-13(2)9-17(8-12)25-11-15(10-18(25)27)20-23-24-21(31-20)22-19(28)14-3-5-16(6-4-14)26(29)30/h3-9,15H,10-11H2,1-2H3,(H,22,24,28). The summed E-state index contributed by atoms with van der Waals surface area (Å²) in [6.45, 7) is 4.50. The summed E-state index contributed by atoms with van der Waals surface area (Å²) in [7, 11) is 0. The molecule has 1 aliphatic heterocycles. The number of carbonyl (C=O) groups excluding carboxylic acids is 2. The number of nitrogens with one attached hydrogen (secondary N) is 1. The van der Waals surface area contributed by atoms with Gasteiger partial charge in [-0.1, -0.05) is 17.4 Å². The molecule has 1 aromatic heterocycles. The van der Waals surface area contributed by atoms with Gasteiger partial charge in [-0.05, 0) is 49.2 Å². The van der Waals surface area contributed by atoms with Gasteiger partial charge in [0.05, 0.1) is 4.92 Å². The largest absolute Gasteiger partial charge is 0.312 e. The lowest BCUT2D eigenvalue weighted by molar-refractivity contribution is -0.384. The van der Waals surface area contributed by atoms with Crippen LogP contribution in [0.5, 0.6) is 0 Å². The fraction of sp³-hybridized carbons (Fsp3) is 0.238. The summed E-state index contributed by atoms with van der Waals surface area (Å²) in [6.07, 6.45) is 0.331. The maximum atomic E-state index is 12.6. The van der Waals surface area contributed by atoms with E-state index in [0.717, 1.165) is 16.8 Å². The van der Waals surface area contributed by atoms with Gasteiger partial charge in [0.25, 0.3) is 11.6 Å². The summed E-state index contributed by atoms with van der Waals surface area (Å²) in [4.78, 5) is 36.9. The van der Waals surface area contributed by atoms with Crippen LogP contribution < -0.4 is 10.2 Å². The minimum Gasteiger partial charge on any atom is -0.312 e. The fourth-order valence-corrected chi connectivity index (χ4v) is 4.41. The molecule has 158 valence electrons. The average Bonchev–Trinajstić information content (AvgIpc) is 3.33. The van der Waals surface area contributed by atoms with E-state index in [4.69, 9.17) is 0 Å². The number of nitro groups is 1. The summed E-state index contributed by atoms with van der Waals surface area (Å²) >= 11 is 1.23. The second-order valence-corrected chi connectivity index (χ2v) is 8.46. The van der Waals surface area contributed by atoms with Gasteiger partial charge in [0.1, 0.15) is 5.01 Å². The lowest BCUT2D eigenvalue weighted by atomic mass is 10.1.